The first kappa shape index (κ1) is 22.9. The lowest BCUT2D eigenvalue weighted by Gasteiger charge is -2.26. The molecule has 1 saturated heterocycles. The van der Waals surface area contributed by atoms with Gasteiger partial charge in [-0.25, -0.2) is 4.79 Å². The molecule has 1 heterocycles. The van der Waals surface area contributed by atoms with Gasteiger partial charge in [0.2, 0.25) is 5.91 Å². The van der Waals surface area contributed by atoms with Crippen molar-refractivity contribution < 1.29 is 24.2 Å². The van der Waals surface area contributed by atoms with Crippen LogP contribution in [-0.2, 0) is 9.59 Å². The Morgan fingerprint density at radius 3 is 2.20 bits per heavy atom. The Kier molecular flexibility index (Phi) is 8.41. The summed E-state index contributed by atoms with van der Waals surface area (Å²) < 4.78 is 5.68. The van der Waals surface area contributed by atoms with Gasteiger partial charge in [0.15, 0.2) is 0 Å². The molecule has 7 heteroatoms. The number of ether oxygens (including phenoxy) is 1. The topological polar surface area (TPSA) is 95.9 Å². The lowest BCUT2D eigenvalue weighted by atomic mass is 10.2. The van der Waals surface area contributed by atoms with E-state index in [1.54, 1.807) is 24.3 Å². The SMILES string of the molecule is CC.CC1CCC(C(=O)O)N1C(=O)CNC(=O)c1ccc(Oc2ccccc2)cc1. The number of hydrogen-bond acceptors (Lipinski definition) is 4. The van der Waals surface area contributed by atoms with Gasteiger partial charge in [0.05, 0.1) is 6.54 Å². The van der Waals surface area contributed by atoms with E-state index >= 15 is 0 Å². The van der Waals surface area contributed by atoms with Gasteiger partial charge in [-0.1, -0.05) is 32.0 Å². The van der Waals surface area contributed by atoms with Crippen LogP contribution in [0.5, 0.6) is 11.5 Å². The number of para-hydroxylation sites is 1. The molecule has 0 bridgehead atoms. The third-order valence-electron chi connectivity index (χ3n) is 4.74. The fraction of sp³-hybridized carbons (Fsp3) is 0.348. The van der Waals surface area contributed by atoms with Crippen molar-refractivity contribution in [2.75, 3.05) is 6.54 Å². The van der Waals surface area contributed by atoms with Gasteiger partial charge in [-0.2, -0.15) is 0 Å². The smallest absolute Gasteiger partial charge is 0.326 e. The molecule has 1 fully saturated rings. The first-order valence-electron chi connectivity index (χ1n) is 10.1. The van der Waals surface area contributed by atoms with Crippen LogP contribution in [0.4, 0.5) is 0 Å². The van der Waals surface area contributed by atoms with Crippen LogP contribution in [0.25, 0.3) is 0 Å². The van der Waals surface area contributed by atoms with E-state index in [0.717, 1.165) is 0 Å². The number of rotatable bonds is 6. The van der Waals surface area contributed by atoms with Crippen molar-refractivity contribution >= 4 is 17.8 Å². The van der Waals surface area contributed by atoms with Crippen LogP contribution in [0.2, 0.25) is 0 Å². The van der Waals surface area contributed by atoms with Crippen LogP contribution in [0, 0.1) is 0 Å². The summed E-state index contributed by atoms with van der Waals surface area (Å²) in [6, 6.07) is 14.9. The molecule has 2 unspecified atom stereocenters. The van der Waals surface area contributed by atoms with Crippen LogP contribution in [-0.4, -0.2) is 46.4 Å². The van der Waals surface area contributed by atoms with E-state index < -0.39 is 23.8 Å². The number of carbonyl (C=O) groups excluding carboxylic acids is 2. The summed E-state index contributed by atoms with van der Waals surface area (Å²) in [5.74, 6) is -0.529. The number of aliphatic carboxylic acids is 1. The van der Waals surface area contributed by atoms with E-state index in [4.69, 9.17) is 4.74 Å². The zero-order valence-electron chi connectivity index (χ0n) is 17.5. The Hall–Kier alpha value is -3.35. The second kappa shape index (κ2) is 11.0. The van der Waals surface area contributed by atoms with Gasteiger partial charge in [0.25, 0.3) is 5.91 Å². The van der Waals surface area contributed by atoms with Crippen molar-refractivity contribution in [2.45, 2.75) is 45.7 Å². The molecule has 0 radical (unpaired) electrons. The number of carboxylic acids is 1. The summed E-state index contributed by atoms with van der Waals surface area (Å²) in [7, 11) is 0. The average Bonchev–Trinajstić information content (AvgIpc) is 3.16. The van der Waals surface area contributed by atoms with E-state index in [2.05, 4.69) is 5.32 Å². The van der Waals surface area contributed by atoms with E-state index in [1.807, 2.05) is 51.1 Å². The van der Waals surface area contributed by atoms with E-state index in [9.17, 15) is 19.5 Å². The Morgan fingerprint density at radius 1 is 1.00 bits per heavy atom. The number of amides is 2. The van der Waals surface area contributed by atoms with Gasteiger partial charge in [-0.3, -0.25) is 9.59 Å². The second-order valence-electron chi connectivity index (χ2n) is 6.70. The van der Waals surface area contributed by atoms with Gasteiger partial charge in [-0.05, 0) is 56.2 Å². The van der Waals surface area contributed by atoms with Crippen molar-refractivity contribution in [1.82, 2.24) is 10.2 Å². The number of likely N-dealkylation sites (tertiary alicyclic amines) is 1. The molecule has 2 aromatic carbocycles. The highest BCUT2D eigenvalue weighted by Crippen LogP contribution is 2.24. The maximum absolute atomic E-state index is 12.4. The summed E-state index contributed by atoms with van der Waals surface area (Å²) in [4.78, 5) is 37.3. The highest BCUT2D eigenvalue weighted by Gasteiger charge is 2.38. The average molecular weight is 412 g/mol. The van der Waals surface area contributed by atoms with Crippen molar-refractivity contribution in [1.29, 1.82) is 0 Å². The minimum absolute atomic E-state index is 0.153. The number of benzene rings is 2. The maximum Gasteiger partial charge on any atom is 0.326 e. The Morgan fingerprint density at radius 2 is 1.60 bits per heavy atom. The first-order chi connectivity index (χ1) is 14.5. The molecule has 0 saturated carbocycles. The monoisotopic (exact) mass is 412 g/mol. The molecule has 2 atom stereocenters. The van der Waals surface area contributed by atoms with E-state index in [1.165, 1.54) is 4.90 Å². The van der Waals surface area contributed by atoms with Crippen molar-refractivity contribution in [3.05, 3.63) is 60.2 Å². The van der Waals surface area contributed by atoms with Gasteiger partial charge in [0.1, 0.15) is 17.5 Å². The molecule has 7 nitrogen and oxygen atoms in total. The largest absolute Gasteiger partial charge is 0.480 e. The van der Waals surface area contributed by atoms with Crippen molar-refractivity contribution in [2.24, 2.45) is 0 Å². The molecule has 2 aromatic rings. The third-order valence-corrected chi connectivity index (χ3v) is 4.74. The van der Waals surface area contributed by atoms with Crippen molar-refractivity contribution in [3.8, 4) is 11.5 Å². The van der Waals surface area contributed by atoms with Crippen LogP contribution in [0.1, 0.15) is 44.0 Å². The highest BCUT2D eigenvalue weighted by atomic mass is 16.5. The third kappa shape index (κ3) is 5.83. The number of hydrogen-bond donors (Lipinski definition) is 2. The number of carboxylic acid groups (broad SMARTS) is 1. The molecule has 0 spiro atoms. The normalized spacial score (nSPS) is 17.5. The Labute approximate surface area is 176 Å². The lowest BCUT2D eigenvalue weighted by Crippen LogP contribution is -2.48. The second-order valence-corrected chi connectivity index (χ2v) is 6.70. The number of nitrogens with zero attached hydrogens (tertiary/aromatic N) is 1. The summed E-state index contributed by atoms with van der Waals surface area (Å²) in [5.41, 5.74) is 0.387. The van der Waals surface area contributed by atoms with Crippen LogP contribution < -0.4 is 10.1 Å². The van der Waals surface area contributed by atoms with Crippen LogP contribution >= 0.6 is 0 Å². The molecule has 0 aromatic heterocycles. The minimum Gasteiger partial charge on any atom is -0.480 e. The molecular weight excluding hydrogens is 384 g/mol. The number of nitrogens with one attached hydrogen (secondary N) is 1. The molecule has 30 heavy (non-hydrogen) atoms. The molecule has 160 valence electrons. The molecule has 3 rings (SSSR count). The molecule has 2 N–H and O–H groups in total. The summed E-state index contributed by atoms with van der Waals surface area (Å²) in [5, 5.41) is 11.8. The standard InChI is InChI=1S/C21H22N2O5.C2H6/c1-14-7-12-18(21(26)27)23(14)19(24)13-22-20(25)15-8-10-17(11-9-15)28-16-5-3-2-4-6-16;1-2/h2-6,8-11,14,18H,7,12-13H2,1H3,(H,22,25)(H,26,27);1-2H3. The summed E-state index contributed by atoms with van der Waals surface area (Å²) >= 11 is 0. The molecular formula is C23H28N2O5. The zero-order valence-corrected chi connectivity index (χ0v) is 17.5. The predicted octanol–water partition coefficient (Wildman–Crippen LogP) is 3.70. The van der Waals surface area contributed by atoms with Gasteiger partial charge < -0.3 is 20.1 Å². The molecule has 0 aliphatic carbocycles. The van der Waals surface area contributed by atoms with Gasteiger partial charge in [0, 0.05) is 11.6 Å². The van der Waals surface area contributed by atoms with Crippen LogP contribution in [0.15, 0.2) is 54.6 Å². The van der Waals surface area contributed by atoms with Gasteiger partial charge >= 0.3 is 5.97 Å². The fourth-order valence-corrected chi connectivity index (χ4v) is 3.29. The predicted molar refractivity (Wildman–Crippen MR) is 114 cm³/mol. The quantitative estimate of drug-likeness (QED) is 0.754. The molecule has 1 aliphatic heterocycles. The summed E-state index contributed by atoms with van der Waals surface area (Å²) in [6.07, 6.45) is 1.07. The number of carbonyl (C=O) groups is 3. The zero-order chi connectivity index (χ0) is 22.1. The van der Waals surface area contributed by atoms with Crippen molar-refractivity contribution in [3.63, 3.8) is 0 Å². The maximum atomic E-state index is 12.4. The molecule has 2 amide bonds. The lowest BCUT2D eigenvalue weighted by molar-refractivity contribution is -0.149. The minimum atomic E-state index is -1.02. The molecule has 1 aliphatic rings. The Bertz CT molecular complexity index is 852. The van der Waals surface area contributed by atoms with Gasteiger partial charge in [-0.15, -0.1) is 0 Å². The fourth-order valence-electron chi connectivity index (χ4n) is 3.29. The van der Waals surface area contributed by atoms with Crippen LogP contribution in [0.3, 0.4) is 0 Å². The highest BCUT2D eigenvalue weighted by molar-refractivity contribution is 5.97. The first-order valence-corrected chi connectivity index (χ1v) is 10.1. The summed E-state index contributed by atoms with van der Waals surface area (Å²) in [6.45, 7) is 5.57. The van der Waals surface area contributed by atoms with E-state index in [0.29, 0.717) is 29.9 Å². The Balaban J connectivity index is 0.00000155. The van der Waals surface area contributed by atoms with E-state index in [-0.39, 0.29) is 12.6 Å².